The highest BCUT2D eigenvalue weighted by molar-refractivity contribution is 5.92. The van der Waals surface area contributed by atoms with Gasteiger partial charge in [0.15, 0.2) is 0 Å². The Kier molecular flexibility index (Phi) is 4.04. The number of rotatable bonds is 3. The van der Waals surface area contributed by atoms with E-state index in [1.54, 1.807) is 24.0 Å². The summed E-state index contributed by atoms with van der Waals surface area (Å²) in [6.07, 6.45) is 2.82. The maximum atomic E-state index is 13.2. The first kappa shape index (κ1) is 15.5. The number of likely N-dealkylation sites (tertiary alicyclic amines) is 1. The van der Waals surface area contributed by atoms with Gasteiger partial charge in [0.2, 0.25) is 0 Å². The molecule has 1 aliphatic heterocycles. The second-order valence-electron chi connectivity index (χ2n) is 5.90. The van der Waals surface area contributed by atoms with E-state index >= 15 is 0 Å². The minimum absolute atomic E-state index is 0.130. The number of amides is 1. The molecule has 2 heterocycles. The molecule has 6 nitrogen and oxygen atoms in total. The third-order valence-corrected chi connectivity index (χ3v) is 3.96. The van der Waals surface area contributed by atoms with Gasteiger partial charge in [0.1, 0.15) is 29.0 Å². The Hall–Kier alpha value is -2.41. The molecule has 2 N–H and O–H groups in total. The molecule has 7 heteroatoms. The van der Waals surface area contributed by atoms with Crippen molar-refractivity contribution >= 4 is 5.91 Å². The predicted molar refractivity (Wildman–Crippen MR) is 80.5 cm³/mol. The van der Waals surface area contributed by atoms with Crippen LogP contribution in [0.1, 0.15) is 23.8 Å². The van der Waals surface area contributed by atoms with Gasteiger partial charge in [-0.3, -0.25) is 4.79 Å². The molecule has 3 rings (SSSR count). The lowest BCUT2D eigenvalue weighted by Gasteiger charge is -2.42. The Morgan fingerprint density at radius 3 is 3.04 bits per heavy atom. The van der Waals surface area contributed by atoms with E-state index in [4.69, 9.17) is 4.74 Å². The number of carbonyl (C=O) groups excluding carboxylic acids is 1. The van der Waals surface area contributed by atoms with Crippen LogP contribution in [0.4, 0.5) is 4.39 Å². The third kappa shape index (κ3) is 3.34. The number of β-amino-alcohol motifs (C(OH)–C–C–N with tert-alkyl or cyclic N) is 1. The minimum Gasteiger partial charge on any atom is -0.487 e. The molecule has 1 aromatic carbocycles. The maximum absolute atomic E-state index is 13.2. The van der Waals surface area contributed by atoms with Crippen molar-refractivity contribution in [3.05, 3.63) is 48.3 Å². The van der Waals surface area contributed by atoms with Crippen LogP contribution in [-0.2, 0) is 0 Å². The molecule has 122 valence electrons. The SMILES string of the molecule is C[C@]1(O)CN(C(=O)c2cnc[nH]2)CC[C@@H]1Oc1cccc(F)c1. The van der Waals surface area contributed by atoms with Crippen LogP contribution in [0, 0.1) is 5.82 Å². The number of aromatic nitrogens is 2. The highest BCUT2D eigenvalue weighted by Gasteiger charge is 2.41. The molecule has 0 bridgehead atoms. The molecule has 0 unspecified atom stereocenters. The van der Waals surface area contributed by atoms with E-state index in [-0.39, 0.29) is 12.5 Å². The fourth-order valence-electron chi connectivity index (χ4n) is 2.76. The van der Waals surface area contributed by atoms with Crippen LogP contribution < -0.4 is 4.74 Å². The number of hydrogen-bond donors (Lipinski definition) is 2. The van der Waals surface area contributed by atoms with E-state index in [9.17, 15) is 14.3 Å². The topological polar surface area (TPSA) is 78.5 Å². The number of ether oxygens (including phenoxy) is 1. The molecule has 0 saturated carbocycles. The first-order chi connectivity index (χ1) is 11.0. The van der Waals surface area contributed by atoms with Crippen LogP contribution in [0.15, 0.2) is 36.8 Å². The summed E-state index contributed by atoms with van der Waals surface area (Å²) >= 11 is 0. The zero-order valence-electron chi connectivity index (χ0n) is 12.7. The quantitative estimate of drug-likeness (QED) is 0.900. The molecule has 0 spiro atoms. The van der Waals surface area contributed by atoms with Gasteiger partial charge in [-0.2, -0.15) is 0 Å². The first-order valence-corrected chi connectivity index (χ1v) is 7.38. The lowest BCUT2D eigenvalue weighted by atomic mass is 9.91. The van der Waals surface area contributed by atoms with Gasteiger partial charge in [-0.25, -0.2) is 9.37 Å². The van der Waals surface area contributed by atoms with Crippen LogP contribution in [0.5, 0.6) is 5.75 Å². The zero-order chi connectivity index (χ0) is 16.4. The van der Waals surface area contributed by atoms with Gasteiger partial charge in [0, 0.05) is 19.0 Å². The highest BCUT2D eigenvalue weighted by atomic mass is 19.1. The summed E-state index contributed by atoms with van der Waals surface area (Å²) in [4.78, 5) is 20.5. The van der Waals surface area contributed by atoms with Crippen molar-refractivity contribution in [2.24, 2.45) is 0 Å². The average molecular weight is 319 g/mol. The molecule has 1 saturated heterocycles. The van der Waals surface area contributed by atoms with Gasteiger partial charge in [-0.1, -0.05) is 6.07 Å². The second-order valence-corrected chi connectivity index (χ2v) is 5.90. The predicted octanol–water partition coefficient (Wildman–Crippen LogP) is 1.59. The monoisotopic (exact) mass is 319 g/mol. The Morgan fingerprint density at radius 2 is 2.39 bits per heavy atom. The maximum Gasteiger partial charge on any atom is 0.272 e. The van der Waals surface area contributed by atoms with Gasteiger partial charge in [0.25, 0.3) is 5.91 Å². The largest absolute Gasteiger partial charge is 0.487 e. The molecular weight excluding hydrogens is 301 g/mol. The Labute approximate surface area is 132 Å². The molecule has 23 heavy (non-hydrogen) atoms. The summed E-state index contributed by atoms with van der Waals surface area (Å²) in [6, 6.07) is 5.80. The Balaban J connectivity index is 1.69. The van der Waals surface area contributed by atoms with Crippen LogP contribution in [-0.4, -0.2) is 50.7 Å². The van der Waals surface area contributed by atoms with Crippen molar-refractivity contribution in [3.63, 3.8) is 0 Å². The Bertz CT molecular complexity index is 688. The van der Waals surface area contributed by atoms with E-state index in [2.05, 4.69) is 9.97 Å². The number of nitrogens with zero attached hydrogens (tertiary/aromatic N) is 2. The fraction of sp³-hybridized carbons (Fsp3) is 0.375. The minimum atomic E-state index is -1.24. The van der Waals surface area contributed by atoms with E-state index in [1.165, 1.54) is 24.7 Å². The summed E-state index contributed by atoms with van der Waals surface area (Å²) in [5, 5.41) is 10.6. The number of hydrogen-bond acceptors (Lipinski definition) is 4. The number of benzene rings is 1. The van der Waals surface area contributed by atoms with E-state index in [1.807, 2.05) is 0 Å². The summed E-state index contributed by atoms with van der Waals surface area (Å²) < 4.78 is 19.0. The standard InChI is InChI=1S/C16H18FN3O3/c1-16(22)9-20(15(21)13-8-18-10-19-13)6-5-14(16)23-12-4-2-3-11(17)7-12/h2-4,7-8,10,14,22H,5-6,9H2,1H3,(H,18,19)/t14-,16-/m0/s1. The number of nitrogens with one attached hydrogen (secondary N) is 1. The number of carbonyl (C=O) groups is 1. The van der Waals surface area contributed by atoms with Gasteiger partial charge < -0.3 is 19.7 Å². The summed E-state index contributed by atoms with van der Waals surface area (Å²) in [7, 11) is 0. The van der Waals surface area contributed by atoms with E-state index in [0.717, 1.165) is 0 Å². The third-order valence-electron chi connectivity index (χ3n) is 3.96. The number of H-pyrrole nitrogens is 1. The lowest BCUT2D eigenvalue weighted by molar-refractivity contribution is -0.0900. The van der Waals surface area contributed by atoms with Crippen LogP contribution in [0.3, 0.4) is 0 Å². The molecule has 1 aromatic heterocycles. The van der Waals surface area contributed by atoms with Crippen LogP contribution in [0.2, 0.25) is 0 Å². The van der Waals surface area contributed by atoms with Crippen LogP contribution >= 0.6 is 0 Å². The molecule has 1 amide bonds. The molecule has 1 aliphatic rings. The van der Waals surface area contributed by atoms with Crippen LogP contribution in [0.25, 0.3) is 0 Å². The smallest absolute Gasteiger partial charge is 0.272 e. The molecule has 2 atom stereocenters. The number of aliphatic hydroxyl groups is 1. The molecule has 1 fully saturated rings. The molecular formula is C16H18FN3O3. The summed E-state index contributed by atoms with van der Waals surface area (Å²) in [5.74, 6) is -0.246. The molecule has 2 aromatic rings. The molecule has 0 aliphatic carbocycles. The van der Waals surface area contributed by atoms with Crippen molar-refractivity contribution in [3.8, 4) is 5.75 Å². The number of piperidine rings is 1. The van der Waals surface area contributed by atoms with E-state index < -0.39 is 17.5 Å². The fourth-order valence-corrected chi connectivity index (χ4v) is 2.76. The van der Waals surface area contributed by atoms with Gasteiger partial charge in [-0.05, 0) is 19.1 Å². The Morgan fingerprint density at radius 1 is 1.57 bits per heavy atom. The van der Waals surface area contributed by atoms with Crippen molar-refractivity contribution < 1.29 is 19.0 Å². The van der Waals surface area contributed by atoms with E-state index in [0.29, 0.717) is 24.4 Å². The van der Waals surface area contributed by atoms with Crippen molar-refractivity contribution in [1.29, 1.82) is 0 Å². The van der Waals surface area contributed by atoms with Crippen molar-refractivity contribution in [1.82, 2.24) is 14.9 Å². The lowest BCUT2D eigenvalue weighted by Crippen LogP contribution is -2.58. The molecule has 0 radical (unpaired) electrons. The highest BCUT2D eigenvalue weighted by Crippen LogP contribution is 2.27. The average Bonchev–Trinajstić information content (AvgIpc) is 3.02. The number of halogens is 1. The van der Waals surface area contributed by atoms with Crippen molar-refractivity contribution in [2.75, 3.05) is 13.1 Å². The van der Waals surface area contributed by atoms with Crippen molar-refractivity contribution in [2.45, 2.75) is 25.0 Å². The van der Waals surface area contributed by atoms with Gasteiger partial charge in [0.05, 0.1) is 19.1 Å². The normalized spacial score (nSPS) is 24.5. The van der Waals surface area contributed by atoms with Gasteiger partial charge >= 0.3 is 0 Å². The number of imidazole rings is 1. The van der Waals surface area contributed by atoms with Gasteiger partial charge in [-0.15, -0.1) is 0 Å². The second kappa shape index (κ2) is 6.00. The zero-order valence-corrected chi connectivity index (χ0v) is 12.7. The summed E-state index contributed by atoms with van der Waals surface area (Å²) in [6.45, 7) is 2.18. The summed E-state index contributed by atoms with van der Waals surface area (Å²) in [5.41, 5.74) is -0.856. The first-order valence-electron chi connectivity index (χ1n) is 7.38. The number of aromatic amines is 1.